The largest absolute Gasteiger partial charge is 0.522 e. The molecule has 12 heavy (non-hydrogen) atoms. The minimum atomic E-state index is -4.51. The van der Waals surface area contributed by atoms with Gasteiger partial charge in [0.15, 0.2) is 0 Å². The molecule has 0 saturated carbocycles. The number of ether oxygens (including phenoxy) is 1. The Morgan fingerprint density at radius 1 is 1.50 bits per heavy atom. The first-order valence-corrected chi connectivity index (χ1v) is 4.53. The molecule has 1 unspecified atom stereocenters. The molecule has 1 atom stereocenters. The lowest BCUT2D eigenvalue weighted by Crippen LogP contribution is -2.18. The van der Waals surface area contributed by atoms with E-state index in [1.165, 1.54) is 11.8 Å². The summed E-state index contributed by atoms with van der Waals surface area (Å²) in [5, 5.41) is 0.182. The third kappa shape index (κ3) is 8.16. The first-order valence-electron chi connectivity index (χ1n) is 3.48. The minimum Gasteiger partial charge on any atom is -0.329 e. The van der Waals surface area contributed by atoms with E-state index in [0.717, 1.165) is 0 Å². The molecule has 0 aliphatic carbocycles. The maximum atomic E-state index is 11.4. The van der Waals surface area contributed by atoms with E-state index in [4.69, 9.17) is 5.73 Å². The van der Waals surface area contributed by atoms with E-state index < -0.39 is 6.36 Å². The number of halogens is 3. The average Bonchev–Trinajstić information content (AvgIpc) is 1.96. The first-order chi connectivity index (χ1) is 5.45. The van der Waals surface area contributed by atoms with Crippen molar-refractivity contribution >= 4 is 11.8 Å². The molecule has 0 amide bonds. The van der Waals surface area contributed by atoms with Crippen molar-refractivity contribution in [1.29, 1.82) is 0 Å². The molecule has 0 bridgehead atoms. The van der Waals surface area contributed by atoms with Gasteiger partial charge in [0, 0.05) is 17.5 Å². The van der Waals surface area contributed by atoms with Crippen LogP contribution in [-0.4, -0.2) is 30.5 Å². The fourth-order valence-electron chi connectivity index (χ4n) is 0.475. The van der Waals surface area contributed by atoms with Gasteiger partial charge < -0.3 is 5.73 Å². The van der Waals surface area contributed by atoms with Crippen LogP contribution in [0, 0.1) is 0 Å². The average molecular weight is 203 g/mol. The summed E-state index contributed by atoms with van der Waals surface area (Å²) in [6.45, 7) is 2.02. The summed E-state index contributed by atoms with van der Waals surface area (Å²) in [4.78, 5) is 0. The smallest absolute Gasteiger partial charge is 0.329 e. The van der Waals surface area contributed by atoms with Gasteiger partial charge in [-0.05, 0) is 0 Å². The van der Waals surface area contributed by atoms with Crippen molar-refractivity contribution in [3.05, 3.63) is 0 Å². The second-order valence-electron chi connectivity index (χ2n) is 2.21. The lowest BCUT2D eigenvalue weighted by Gasteiger charge is -2.09. The molecule has 0 aliphatic heterocycles. The predicted octanol–water partition coefficient (Wildman–Crippen LogP) is 1.60. The van der Waals surface area contributed by atoms with Crippen LogP contribution in [0.1, 0.15) is 6.92 Å². The molecular weight excluding hydrogens is 191 g/mol. The molecular formula is C6H12F3NOS. The Bertz CT molecular complexity index is 120. The number of hydrogen-bond acceptors (Lipinski definition) is 3. The van der Waals surface area contributed by atoms with E-state index >= 15 is 0 Å². The molecule has 0 spiro atoms. The zero-order valence-electron chi connectivity index (χ0n) is 6.73. The molecule has 74 valence electrons. The molecule has 0 saturated heterocycles. The van der Waals surface area contributed by atoms with Gasteiger partial charge in [0.2, 0.25) is 0 Å². The second kappa shape index (κ2) is 5.66. The molecule has 0 rings (SSSR count). The Balaban J connectivity index is 3.22. The number of rotatable bonds is 5. The van der Waals surface area contributed by atoms with Crippen LogP contribution in [0.2, 0.25) is 0 Å². The Kier molecular flexibility index (Phi) is 5.69. The van der Waals surface area contributed by atoms with E-state index in [1.54, 1.807) is 0 Å². The highest BCUT2D eigenvalue weighted by molar-refractivity contribution is 7.99. The second-order valence-corrected chi connectivity index (χ2v) is 3.76. The minimum absolute atomic E-state index is 0.182. The third-order valence-electron chi connectivity index (χ3n) is 1.08. The van der Waals surface area contributed by atoms with E-state index in [2.05, 4.69) is 4.74 Å². The molecule has 0 aromatic rings. The molecule has 0 aromatic carbocycles. The van der Waals surface area contributed by atoms with Gasteiger partial charge in [-0.2, -0.15) is 11.8 Å². The normalized spacial score (nSPS) is 14.8. The van der Waals surface area contributed by atoms with Crippen LogP contribution >= 0.6 is 11.8 Å². The van der Waals surface area contributed by atoms with Gasteiger partial charge in [0.05, 0.1) is 6.61 Å². The fourth-order valence-corrected chi connectivity index (χ4v) is 1.19. The first kappa shape index (κ1) is 12.1. The van der Waals surface area contributed by atoms with Crippen LogP contribution in [0.25, 0.3) is 0 Å². The SMILES string of the molecule is CC(CN)SCCOC(F)(F)F. The summed E-state index contributed by atoms with van der Waals surface area (Å²) in [6.07, 6.45) is -4.51. The monoisotopic (exact) mass is 203 g/mol. The highest BCUT2D eigenvalue weighted by Crippen LogP contribution is 2.17. The van der Waals surface area contributed by atoms with E-state index in [-0.39, 0.29) is 11.9 Å². The zero-order valence-corrected chi connectivity index (χ0v) is 7.54. The summed E-state index contributed by atoms with van der Waals surface area (Å²) in [5.41, 5.74) is 5.26. The van der Waals surface area contributed by atoms with Gasteiger partial charge >= 0.3 is 6.36 Å². The Labute approximate surface area is 73.6 Å². The topological polar surface area (TPSA) is 35.2 Å². The van der Waals surface area contributed by atoms with Crippen LogP contribution in [0.3, 0.4) is 0 Å². The predicted molar refractivity (Wildman–Crippen MR) is 43.0 cm³/mol. The number of thioether (sulfide) groups is 1. The lowest BCUT2D eigenvalue weighted by molar-refractivity contribution is -0.322. The van der Waals surface area contributed by atoms with Gasteiger partial charge in [0.25, 0.3) is 0 Å². The van der Waals surface area contributed by atoms with Crippen molar-refractivity contribution in [2.75, 3.05) is 18.9 Å². The number of alkyl halides is 3. The summed E-state index contributed by atoms with van der Waals surface area (Å²) in [7, 11) is 0. The summed E-state index contributed by atoms with van der Waals surface area (Å²) >= 11 is 1.37. The molecule has 2 nitrogen and oxygen atoms in total. The van der Waals surface area contributed by atoms with Crippen LogP contribution < -0.4 is 5.73 Å². The van der Waals surface area contributed by atoms with Gasteiger partial charge in [-0.3, -0.25) is 4.74 Å². The molecule has 0 heterocycles. The van der Waals surface area contributed by atoms with Crippen LogP contribution in [0.4, 0.5) is 13.2 Å². The van der Waals surface area contributed by atoms with Gasteiger partial charge in [-0.1, -0.05) is 6.92 Å². The maximum Gasteiger partial charge on any atom is 0.522 e. The number of nitrogens with two attached hydrogens (primary N) is 1. The van der Waals surface area contributed by atoms with Gasteiger partial charge in [-0.25, -0.2) is 0 Å². The Morgan fingerprint density at radius 2 is 2.08 bits per heavy atom. The van der Waals surface area contributed by atoms with Crippen LogP contribution in [0.15, 0.2) is 0 Å². The highest BCUT2D eigenvalue weighted by atomic mass is 32.2. The van der Waals surface area contributed by atoms with Crippen molar-refractivity contribution < 1.29 is 17.9 Å². The fraction of sp³-hybridized carbons (Fsp3) is 1.00. The molecule has 0 fully saturated rings. The summed E-state index contributed by atoms with van der Waals surface area (Å²) in [5.74, 6) is 0.317. The van der Waals surface area contributed by atoms with E-state index in [0.29, 0.717) is 12.3 Å². The molecule has 6 heteroatoms. The molecule has 2 N–H and O–H groups in total. The third-order valence-corrected chi connectivity index (χ3v) is 2.25. The van der Waals surface area contributed by atoms with Crippen molar-refractivity contribution in [1.82, 2.24) is 0 Å². The van der Waals surface area contributed by atoms with Crippen LogP contribution in [0.5, 0.6) is 0 Å². The highest BCUT2D eigenvalue weighted by Gasteiger charge is 2.28. The van der Waals surface area contributed by atoms with Crippen molar-refractivity contribution in [3.8, 4) is 0 Å². The van der Waals surface area contributed by atoms with Crippen LogP contribution in [-0.2, 0) is 4.74 Å². The van der Waals surface area contributed by atoms with Gasteiger partial charge in [-0.15, -0.1) is 13.2 Å². The van der Waals surface area contributed by atoms with Gasteiger partial charge in [0.1, 0.15) is 0 Å². The maximum absolute atomic E-state index is 11.4. The Morgan fingerprint density at radius 3 is 2.50 bits per heavy atom. The number of hydrogen-bond donors (Lipinski definition) is 1. The summed E-state index contributed by atoms with van der Waals surface area (Å²) < 4.78 is 37.8. The van der Waals surface area contributed by atoms with Crippen molar-refractivity contribution in [3.63, 3.8) is 0 Å². The van der Waals surface area contributed by atoms with E-state index in [9.17, 15) is 13.2 Å². The standard InChI is InChI=1S/C6H12F3NOS/c1-5(4-10)12-3-2-11-6(7,8)9/h5H,2-4,10H2,1H3. The zero-order chi connectivity index (χ0) is 9.61. The quantitative estimate of drug-likeness (QED) is 0.689. The molecule has 0 aromatic heterocycles. The van der Waals surface area contributed by atoms with Crippen molar-refractivity contribution in [2.45, 2.75) is 18.5 Å². The lowest BCUT2D eigenvalue weighted by atomic mass is 10.5. The molecule has 0 aliphatic rings. The Hall–Kier alpha value is 0.0600. The van der Waals surface area contributed by atoms with Crippen molar-refractivity contribution in [2.24, 2.45) is 5.73 Å². The van der Waals surface area contributed by atoms with E-state index in [1.807, 2.05) is 6.92 Å². The summed E-state index contributed by atoms with van der Waals surface area (Å²) in [6, 6.07) is 0. The molecule has 0 radical (unpaired) electrons.